The highest BCUT2D eigenvalue weighted by Crippen LogP contribution is 2.19. The number of aliphatic hydroxyl groups excluding tert-OH is 1. The predicted octanol–water partition coefficient (Wildman–Crippen LogP) is 3.49. The molecule has 0 heterocycles. The first-order valence-corrected chi connectivity index (χ1v) is 6.59. The molecule has 0 aliphatic rings. The van der Waals surface area contributed by atoms with Crippen molar-refractivity contribution in [1.82, 2.24) is 5.32 Å². The number of aliphatic hydroxyl groups is 1. The van der Waals surface area contributed by atoms with Crippen LogP contribution in [0.1, 0.15) is 30.2 Å². The van der Waals surface area contributed by atoms with E-state index in [0.717, 1.165) is 17.7 Å². The average Bonchev–Trinajstić information content (AvgIpc) is 2.45. The summed E-state index contributed by atoms with van der Waals surface area (Å²) < 4.78 is 39.2. The first-order chi connectivity index (χ1) is 9.97. The summed E-state index contributed by atoms with van der Waals surface area (Å²) in [5.41, 5.74) is 0.887. The molecule has 0 bridgehead atoms. The van der Waals surface area contributed by atoms with Gasteiger partial charge in [-0.2, -0.15) is 0 Å². The Bertz CT molecular complexity index is 601. The maximum absolute atomic E-state index is 13.5. The highest BCUT2D eigenvalue weighted by molar-refractivity contribution is 5.22. The second-order valence-electron chi connectivity index (χ2n) is 4.86. The quantitative estimate of drug-likeness (QED) is 0.885. The van der Waals surface area contributed by atoms with Gasteiger partial charge in [0.15, 0.2) is 0 Å². The molecule has 0 amide bonds. The first-order valence-electron chi connectivity index (χ1n) is 6.59. The van der Waals surface area contributed by atoms with Crippen molar-refractivity contribution in [2.45, 2.75) is 19.1 Å². The van der Waals surface area contributed by atoms with Gasteiger partial charge in [0, 0.05) is 24.2 Å². The van der Waals surface area contributed by atoms with Crippen LogP contribution in [0.5, 0.6) is 0 Å². The third-order valence-electron chi connectivity index (χ3n) is 3.31. The topological polar surface area (TPSA) is 32.3 Å². The number of hydrogen-bond donors (Lipinski definition) is 2. The Morgan fingerprint density at radius 3 is 2.24 bits per heavy atom. The maximum atomic E-state index is 13.5. The molecule has 0 aliphatic heterocycles. The molecule has 2 aromatic carbocycles. The van der Waals surface area contributed by atoms with Gasteiger partial charge < -0.3 is 10.4 Å². The molecule has 5 heteroatoms. The van der Waals surface area contributed by atoms with Gasteiger partial charge in [0.25, 0.3) is 0 Å². The Kier molecular flexibility index (Phi) is 4.98. The summed E-state index contributed by atoms with van der Waals surface area (Å²) >= 11 is 0. The van der Waals surface area contributed by atoms with Crippen LogP contribution >= 0.6 is 0 Å². The first kappa shape index (κ1) is 15.5. The third-order valence-corrected chi connectivity index (χ3v) is 3.31. The largest absolute Gasteiger partial charge is 0.387 e. The molecule has 0 aromatic heterocycles. The Labute approximate surface area is 121 Å². The van der Waals surface area contributed by atoms with Gasteiger partial charge in [-0.05, 0) is 30.7 Å². The van der Waals surface area contributed by atoms with E-state index in [4.69, 9.17) is 0 Å². The highest BCUT2D eigenvalue weighted by atomic mass is 19.1. The zero-order valence-electron chi connectivity index (χ0n) is 11.5. The smallest absolute Gasteiger partial charge is 0.131 e. The lowest BCUT2D eigenvalue weighted by molar-refractivity contribution is 0.166. The van der Waals surface area contributed by atoms with Crippen molar-refractivity contribution in [3.63, 3.8) is 0 Å². The van der Waals surface area contributed by atoms with Crippen molar-refractivity contribution in [1.29, 1.82) is 0 Å². The molecular weight excluding hydrogens is 279 g/mol. The molecule has 0 saturated heterocycles. The standard InChI is InChI=1S/C16H16F3NO/c1-10(11-2-4-12(17)5-3-11)20-9-16(21)14-7-6-13(18)8-15(14)19/h2-8,10,16,20-21H,9H2,1H3/t10-,16?/m1/s1. The van der Waals surface area contributed by atoms with Crippen molar-refractivity contribution in [3.8, 4) is 0 Å². The number of nitrogens with one attached hydrogen (secondary N) is 1. The minimum absolute atomic E-state index is 0.0372. The minimum Gasteiger partial charge on any atom is -0.387 e. The third kappa shape index (κ3) is 4.06. The fraction of sp³-hybridized carbons (Fsp3) is 0.250. The lowest BCUT2D eigenvalue weighted by Crippen LogP contribution is -2.25. The summed E-state index contributed by atoms with van der Waals surface area (Å²) in [6, 6.07) is 8.90. The van der Waals surface area contributed by atoms with E-state index in [9.17, 15) is 18.3 Å². The average molecular weight is 295 g/mol. The second kappa shape index (κ2) is 6.74. The van der Waals surface area contributed by atoms with Crippen LogP contribution in [0.15, 0.2) is 42.5 Å². The van der Waals surface area contributed by atoms with Crippen molar-refractivity contribution in [3.05, 3.63) is 71.0 Å². The lowest BCUT2D eigenvalue weighted by atomic mass is 10.1. The molecule has 2 N–H and O–H groups in total. The molecule has 112 valence electrons. The fourth-order valence-electron chi connectivity index (χ4n) is 2.04. The monoisotopic (exact) mass is 295 g/mol. The van der Waals surface area contributed by atoms with Gasteiger partial charge in [0.1, 0.15) is 17.5 Å². The highest BCUT2D eigenvalue weighted by Gasteiger charge is 2.15. The van der Waals surface area contributed by atoms with Gasteiger partial charge in [0.05, 0.1) is 6.10 Å². The van der Waals surface area contributed by atoms with Crippen molar-refractivity contribution in [2.24, 2.45) is 0 Å². The molecule has 2 aromatic rings. The van der Waals surface area contributed by atoms with Gasteiger partial charge in [-0.25, -0.2) is 13.2 Å². The van der Waals surface area contributed by atoms with Crippen LogP contribution in [-0.2, 0) is 0 Å². The molecule has 2 nitrogen and oxygen atoms in total. The molecular formula is C16H16F3NO. The van der Waals surface area contributed by atoms with E-state index in [2.05, 4.69) is 5.32 Å². The van der Waals surface area contributed by atoms with Crippen LogP contribution in [0.3, 0.4) is 0 Å². The van der Waals surface area contributed by atoms with Crippen LogP contribution in [-0.4, -0.2) is 11.7 Å². The van der Waals surface area contributed by atoms with E-state index < -0.39 is 17.7 Å². The van der Waals surface area contributed by atoms with E-state index in [-0.39, 0.29) is 24.0 Å². The van der Waals surface area contributed by atoms with E-state index in [0.29, 0.717) is 0 Å². The molecule has 0 fully saturated rings. The Hall–Kier alpha value is -1.85. The Morgan fingerprint density at radius 2 is 1.62 bits per heavy atom. The summed E-state index contributed by atoms with van der Waals surface area (Å²) in [5.74, 6) is -1.78. The molecule has 0 spiro atoms. The molecule has 2 rings (SSSR count). The van der Waals surface area contributed by atoms with Crippen LogP contribution in [0.2, 0.25) is 0 Å². The van der Waals surface area contributed by atoms with E-state index >= 15 is 0 Å². The van der Waals surface area contributed by atoms with Crippen molar-refractivity contribution in [2.75, 3.05) is 6.54 Å². The zero-order chi connectivity index (χ0) is 15.4. The van der Waals surface area contributed by atoms with Crippen molar-refractivity contribution < 1.29 is 18.3 Å². The molecule has 0 aliphatic carbocycles. The molecule has 21 heavy (non-hydrogen) atoms. The summed E-state index contributed by atoms with van der Waals surface area (Å²) in [6.07, 6.45) is -1.09. The number of hydrogen-bond acceptors (Lipinski definition) is 2. The van der Waals surface area contributed by atoms with Gasteiger partial charge in [-0.15, -0.1) is 0 Å². The number of halogens is 3. The SMILES string of the molecule is C[C@@H](NCC(O)c1ccc(F)cc1F)c1ccc(F)cc1. The van der Waals surface area contributed by atoms with Gasteiger partial charge in [-0.1, -0.05) is 18.2 Å². The molecule has 2 atom stereocenters. The molecule has 0 saturated carbocycles. The summed E-state index contributed by atoms with van der Waals surface area (Å²) in [4.78, 5) is 0. The van der Waals surface area contributed by atoms with Gasteiger partial charge >= 0.3 is 0 Å². The van der Waals surface area contributed by atoms with Crippen LogP contribution < -0.4 is 5.32 Å². The summed E-state index contributed by atoms with van der Waals surface area (Å²) in [7, 11) is 0. The van der Waals surface area contributed by atoms with E-state index in [1.165, 1.54) is 18.2 Å². The van der Waals surface area contributed by atoms with Crippen LogP contribution in [0, 0.1) is 17.5 Å². The van der Waals surface area contributed by atoms with E-state index in [1.54, 1.807) is 12.1 Å². The summed E-state index contributed by atoms with van der Waals surface area (Å²) in [5, 5.41) is 13.0. The minimum atomic E-state index is -1.09. The number of rotatable bonds is 5. The zero-order valence-corrected chi connectivity index (χ0v) is 11.5. The normalized spacial score (nSPS) is 14.0. The van der Waals surface area contributed by atoms with Crippen LogP contribution in [0.25, 0.3) is 0 Å². The molecule has 0 radical (unpaired) electrons. The number of benzene rings is 2. The van der Waals surface area contributed by atoms with Crippen molar-refractivity contribution >= 4 is 0 Å². The Morgan fingerprint density at radius 1 is 1.00 bits per heavy atom. The van der Waals surface area contributed by atoms with Gasteiger partial charge in [-0.3, -0.25) is 0 Å². The van der Waals surface area contributed by atoms with E-state index in [1.807, 2.05) is 6.92 Å². The van der Waals surface area contributed by atoms with Gasteiger partial charge in [0.2, 0.25) is 0 Å². The molecule has 1 unspecified atom stereocenters. The predicted molar refractivity (Wildman–Crippen MR) is 74.1 cm³/mol. The lowest BCUT2D eigenvalue weighted by Gasteiger charge is -2.18. The maximum Gasteiger partial charge on any atom is 0.131 e. The fourth-order valence-corrected chi connectivity index (χ4v) is 2.04. The van der Waals surface area contributed by atoms with Crippen LogP contribution in [0.4, 0.5) is 13.2 Å². The second-order valence-corrected chi connectivity index (χ2v) is 4.86. The Balaban J connectivity index is 1.97. The summed E-state index contributed by atoms with van der Waals surface area (Å²) in [6.45, 7) is 1.95.